The molecular formula is C19H22N2O2. The second-order valence-corrected chi connectivity index (χ2v) is 6.67. The van der Waals surface area contributed by atoms with Gasteiger partial charge >= 0.3 is 6.09 Å². The van der Waals surface area contributed by atoms with Crippen molar-refractivity contribution in [3.8, 4) is 0 Å². The van der Waals surface area contributed by atoms with Crippen LogP contribution >= 0.6 is 0 Å². The molecule has 1 fully saturated rings. The van der Waals surface area contributed by atoms with Crippen LogP contribution in [0.4, 0.5) is 4.79 Å². The topological polar surface area (TPSA) is 44.1 Å². The Morgan fingerprint density at radius 1 is 1.17 bits per heavy atom. The molecule has 1 aromatic carbocycles. The number of aryl methyl sites for hydroxylation is 1. The number of aromatic nitrogens is 2. The highest BCUT2D eigenvalue weighted by Gasteiger charge is 2.27. The number of hydrogen-bond acceptors (Lipinski definition) is 3. The van der Waals surface area contributed by atoms with Crippen molar-refractivity contribution in [2.45, 2.75) is 57.0 Å². The highest BCUT2D eigenvalue weighted by molar-refractivity contribution is 5.70. The second kappa shape index (κ2) is 6.19. The second-order valence-electron chi connectivity index (χ2n) is 6.67. The van der Waals surface area contributed by atoms with Crippen LogP contribution < -0.4 is 0 Å². The summed E-state index contributed by atoms with van der Waals surface area (Å²) in [6, 6.07) is 6.78. The van der Waals surface area contributed by atoms with Gasteiger partial charge in [-0.15, -0.1) is 0 Å². The van der Waals surface area contributed by atoms with E-state index in [2.05, 4.69) is 23.2 Å². The van der Waals surface area contributed by atoms with Crippen LogP contribution in [0.3, 0.4) is 0 Å². The molecule has 2 aliphatic carbocycles. The Bertz CT molecular complexity index is 687. The molecule has 0 amide bonds. The fourth-order valence-corrected chi connectivity index (χ4v) is 3.96. The zero-order valence-corrected chi connectivity index (χ0v) is 13.3. The first-order valence-corrected chi connectivity index (χ1v) is 8.63. The van der Waals surface area contributed by atoms with E-state index in [4.69, 9.17) is 4.74 Å². The van der Waals surface area contributed by atoms with Crippen molar-refractivity contribution >= 4 is 6.09 Å². The minimum atomic E-state index is -0.350. The van der Waals surface area contributed by atoms with Crippen molar-refractivity contribution < 1.29 is 9.53 Å². The molecule has 2 aromatic rings. The number of carbonyl (C=O) groups excluding carboxylic acids is 1. The van der Waals surface area contributed by atoms with Gasteiger partial charge in [-0.25, -0.2) is 14.3 Å². The number of benzene rings is 1. The van der Waals surface area contributed by atoms with Crippen molar-refractivity contribution in [3.63, 3.8) is 0 Å². The molecule has 120 valence electrons. The van der Waals surface area contributed by atoms with E-state index in [1.54, 1.807) is 12.4 Å². The fourth-order valence-electron chi connectivity index (χ4n) is 3.96. The van der Waals surface area contributed by atoms with E-state index in [-0.39, 0.29) is 12.2 Å². The summed E-state index contributed by atoms with van der Waals surface area (Å²) in [6.07, 6.45) is 12.8. The summed E-state index contributed by atoms with van der Waals surface area (Å²) < 4.78 is 7.03. The quantitative estimate of drug-likeness (QED) is 0.814. The van der Waals surface area contributed by atoms with Crippen molar-refractivity contribution in [2.75, 3.05) is 0 Å². The number of rotatable bonds is 2. The Kier molecular flexibility index (Phi) is 3.90. The maximum absolute atomic E-state index is 12.1. The Morgan fingerprint density at radius 3 is 2.83 bits per heavy atom. The molecule has 0 aliphatic heterocycles. The molecule has 4 nitrogen and oxygen atoms in total. The van der Waals surface area contributed by atoms with E-state index in [1.807, 2.05) is 0 Å². The van der Waals surface area contributed by atoms with Crippen molar-refractivity contribution in [1.29, 1.82) is 0 Å². The lowest BCUT2D eigenvalue weighted by Gasteiger charge is -2.22. The van der Waals surface area contributed by atoms with Gasteiger partial charge in [0.25, 0.3) is 0 Å². The minimum Gasteiger partial charge on any atom is -0.441 e. The van der Waals surface area contributed by atoms with E-state index in [0.29, 0.717) is 0 Å². The minimum absolute atomic E-state index is 0.125. The molecule has 1 heterocycles. The zero-order chi connectivity index (χ0) is 15.6. The summed E-state index contributed by atoms with van der Waals surface area (Å²) in [7, 11) is 0. The summed E-state index contributed by atoms with van der Waals surface area (Å²) in [4.78, 5) is 16.0. The molecule has 2 aliphatic rings. The Balaban J connectivity index is 1.49. The van der Waals surface area contributed by atoms with Crippen LogP contribution in [0, 0.1) is 0 Å². The van der Waals surface area contributed by atoms with Crippen LogP contribution in [0.15, 0.2) is 36.9 Å². The number of imidazole rings is 1. The van der Waals surface area contributed by atoms with Crippen molar-refractivity contribution in [1.82, 2.24) is 9.55 Å². The first-order chi connectivity index (χ1) is 11.3. The molecule has 1 aromatic heterocycles. The van der Waals surface area contributed by atoms with Gasteiger partial charge in [-0.1, -0.05) is 37.5 Å². The molecule has 0 radical (unpaired) electrons. The van der Waals surface area contributed by atoms with Crippen LogP contribution in [-0.2, 0) is 11.2 Å². The highest BCUT2D eigenvalue weighted by Crippen LogP contribution is 2.38. The van der Waals surface area contributed by atoms with Crippen molar-refractivity contribution in [2.24, 2.45) is 0 Å². The largest absolute Gasteiger partial charge is 0.441 e. The Morgan fingerprint density at radius 2 is 2.04 bits per heavy atom. The summed E-state index contributed by atoms with van der Waals surface area (Å²) in [5.74, 6) is 0.724. The summed E-state index contributed by atoms with van der Waals surface area (Å²) in [5.41, 5.74) is 4.01. The Hall–Kier alpha value is -2.10. The zero-order valence-electron chi connectivity index (χ0n) is 13.3. The number of nitrogens with zero attached hydrogens (tertiary/aromatic N) is 2. The molecule has 0 bridgehead atoms. The van der Waals surface area contributed by atoms with Crippen molar-refractivity contribution in [3.05, 3.63) is 53.6 Å². The van der Waals surface area contributed by atoms with Crippen LogP contribution in [0.2, 0.25) is 0 Å². The first-order valence-electron chi connectivity index (χ1n) is 8.63. The lowest BCUT2D eigenvalue weighted by molar-refractivity contribution is 0.0995. The summed E-state index contributed by atoms with van der Waals surface area (Å²) in [6.45, 7) is 0. The van der Waals surface area contributed by atoms with Crippen LogP contribution in [0.5, 0.6) is 0 Å². The Labute approximate surface area is 136 Å². The fraction of sp³-hybridized carbons (Fsp3) is 0.474. The van der Waals surface area contributed by atoms with E-state index < -0.39 is 0 Å². The molecule has 1 unspecified atom stereocenters. The molecule has 4 heteroatoms. The summed E-state index contributed by atoms with van der Waals surface area (Å²) >= 11 is 0. The standard InChI is InChI=1S/C19H22N2O2/c22-19(21-11-10-20-13-21)23-18-9-7-16-12-15(6-8-17(16)18)14-4-2-1-3-5-14/h6,8,10-14,18H,1-5,7,9H2. The lowest BCUT2D eigenvalue weighted by atomic mass is 9.83. The van der Waals surface area contributed by atoms with Gasteiger partial charge in [-0.05, 0) is 48.3 Å². The van der Waals surface area contributed by atoms with Gasteiger partial charge in [-0.3, -0.25) is 0 Å². The molecule has 0 N–H and O–H groups in total. The predicted octanol–water partition coefficient (Wildman–Crippen LogP) is 4.60. The highest BCUT2D eigenvalue weighted by atomic mass is 16.6. The van der Waals surface area contributed by atoms with Crippen LogP contribution in [0.1, 0.15) is 67.2 Å². The third-order valence-electron chi connectivity index (χ3n) is 5.22. The first kappa shape index (κ1) is 14.5. The molecule has 1 saturated carbocycles. The maximum Gasteiger partial charge on any atom is 0.419 e. The number of carbonyl (C=O) groups is 1. The van der Waals surface area contributed by atoms with Gasteiger partial charge in [0.2, 0.25) is 0 Å². The lowest BCUT2D eigenvalue weighted by Crippen LogP contribution is -2.14. The van der Waals surface area contributed by atoms with Gasteiger partial charge in [0.1, 0.15) is 12.4 Å². The number of fused-ring (bicyclic) bond motifs is 1. The average Bonchev–Trinajstić information content (AvgIpc) is 3.25. The normalized spacial score (nSPS) is 21.1. The molecule has 0 saturated heterocycles. The van der Waals surface area contributed by atoms with E-state index in [0.717, 1.165) is 18.8 Å². The SMILES string of the molecule is O=C(OC1CCc2cc(C3CCCCC3)ccc21)n1ccnc1. The smallest absolute Gasteiger partial charge is 0.419 e. The molecule has 23 heavy (non-hydrogen) atoms. The van der Waals surface area contributed by atoms with Gasteiger partial charge < -0.3 is 4.74 Å². The third kappa shape index (κ3) is 2.90. The van der Waals surface area contributed by atoms with Gasteiger partial charge in [0.05, 0.1) is 0 Å². The van der Waals surface area contributed by atoms with E-state index in [9.17, 15) is 4.79 Å². The molecule has 0 spiro atoms. The summed E-state index contributed by atoms with van der Waals surface area (Å²) in [5, 5.41) is 0. The average molecular weight is 310 g/mol. The molecular weight excluding hydrogens is 288 g/mol. The van der Waals surface area contributed by atoms with Crippen LogP contribution in [0.25, 0.3) is 0 Å². The third-order valence-corrected chi connectivity index (χ3v) is 5.22. The van der Waals surface area contributed by atoms with Crippen LogP contribution in [-0.4, -0.2) is 15.6 Å². The van der Waals surface area contributed by atoms with Gasteiger partial charge in [-0.2, -0.15) is 0 Å². The van der Waals surface area contributed by atoms with Gasteiger partial charge in [0, 0.05) is 12.4 Å². The van der Waals surface area contributed by atoms with E-state index >= 15 is 0 Å². The van der Waals surface area contributed by atoms with Gasteiger partial charge in [0.15, 0.2) is 0 Å². The molecule has 1 atom stereocenters. The molecule has 4 rings (SSSR count). The monoisotopic (exact) mass is 310 g/mol. The number of ether oxygens (including phenoxy) is 1. The number of hydrogen-bond donors (Lipinski definition) is 0. The predicted molar refractivity (Wildman–Crippen MR) is 87.4 cm³/mol. The van der Waals surface area contributed by atoms with E-state index in [1.165, 1.54) is 59.7 Å². The maximum atomic E-state index is 12.1.